The van der Waals surface area contributed by atoms with Crippen LogP contribution in [-0.2, 0) is 17.7 Å². The van der Waals surface area contributed by atoms with E-state index in [1.165, 1.54) is 6.07 Å². The number of nitrogens with zero attached hydrogens (tertiary/aromatic N) is 4. The van der Waals surface area contributed by atoms with Gasteiger partial charge >= 0.3 is 6.01 Å². The fourth-order valence-electron chi connectivity index (χ4n) is 3.60. The van der Waals surface area contributed by atoms with Gasteiger partial charge in [0.2, 0.25) is 0 Å². The molecule has 31 heavy (non-hydrogen) atoms. The van der Waals surface area contributed by atoms with E-state index in [0.29, 0.717) is 44.1 Å². The lowest BCUT2D eigenvalue weighted by Crippen LogP contribution is -2.37. The largest absolute Gasteiger partial charge is 0.508 e. The molecule has 0 bridgehead atoms. The van der Waals surface area contributed by atoms with E-state index in [-0.39, 0.29) is 34.9 Å². The van der Waals surface area contributed by atoms with Gasteiger partial charge in [0.05, 0.1) is 24.4 Å². The zero-order valence-corrected chi connectivity index (χ0v) is 18.7. The summed E-state index contributed by atoms with van der Waals surface area (Å²) in [5.41, 5.74) is 2.49. The topological polar surface area (TPSA) is 108 Å². The second-order valence-corrected chi connectivity index (χ2v) is 8.05. The van der Waals surface area contributed by atoms with Crippen LogP contribution in [0.3, 0.4) is 0 Å². The molecule has 0 fully saturated rings. The Kier molecular flexibility index (Phi) is 6.84. The predicted molar refractivity (Wildman–Crippen MR) is 116 cm³/mol. The van der Waals surface area contributed by atoms with Crippen molar-refractivity contribution in [3.8, 4) is 17.5 Å². The lowest BCUT2D eigenvalue weighted by molar-refractivity contribution is 0.0730. The zero-order valence-electron chi connectivity index (χ0n) is 18.7. The van der Waals surface area contributed by atoms with Crippen LogP contribution < -0.4 is 9.64 Å². The minimum atomic E-state index is -0.296. The number of fused-ring (bicyclic) bond motifs is 1. The molecule has 0 unspecified atom stereocenters. The van der Waals surface area contributed by atoms with E-state index < -0.39 is 0 Å². The van der Waals surface area contributed by atoms with Gasteiger partial charge in [0, 0.05) is 45.8 Å². The maximum Gasteiger partial charge on any atom is 0.318 e. The molecule has 1 aromatic carbocycles. The first-order chi connectivity index (χ1) is 14.7. The molecule has 2 aromatic rings. The van der Waals surface area contributed by atoms with Gasteiger partial charge in [0.15, 0.2) is 0 Å². The number of hydrogen-bond donors (Lipinski definition) is 2. The van der Waals surface area contributed by atoms with Crippen LogP contribution in [0.5, 0.6) is 17.5 Å². The van der Waals surface area contributed by atoms with Gasteiger partial charge in [-0.15, -0.1) is 0 Å². The van der Waals surface area contributed by atoms with Gasteiger partial charge in [-0.2, -0.15) is 9.97 Å². The summed E-state index contributed by atoms with van der Waals surface area (Å²) >= 11 is 0. The standard InChI is InChI=1S/C22H30N4O5/c1-13(2)14-10-15(19(28)11-18(14)27)21(29)26-7-6-17-16(12-26)20(25(3)4)24-22(23-17)31-9-8-30-5/h10-11,13,27-28H,6-9,12H2,1-5H3. The summed E-state index contributed by atoms with van der Waals surface area (Å²) in [5.74, 6) is 0.156. The van der Waals surface area contributed by atoms with Crippen LogP contribution in [0.15, 0.2) is 12.1 Å². The molecule has 1 amide bonds. The molecule has 168 valence electrons. The molecule has 2 heterocycles. The van der Waals surface area contributed by atoms with Crippen LogP contribution in [0.25, 0.3) is 0 Å². The molecule has 0 atom stereocenters. The van der Waals surface area contributed by atoms with Crippen LogP contribution in [0, 0.1) is 0 Å². The number of methoxy groups -OCH3 is 1. The van der Waals surface area contributed by atoms with Crippen LogP contribution in [-0.4, -0.2) is 72.0 Å². The van der Waals surface area contributed by atoms with Crippen molar-refractivity contribution in [1.29, 1.82) is 0 Å². The van der Waals surface area contributed by atoms with Gasteiger partial charge in [0.1, 0.15) is 23.9 Å². The van der Waals surface area contributed by atoms with Gasteiger partial charge in [-0.3, -0.25) is 4.79 Å². The van der Waals surface area contributed by atoms with Crippen LogP contribution >= 0.6 is 0 Å². The third-order valence-corrected chi connectivity index (χ3v) is 5.24. The number of phenols is 2. The molecule has 9 nitrogen and oxygen atoms in total. The van der Waals surface area contributed by atoms with E-state index >= 15 is 0 Å². The van der Waals surface area contributed by atoms with Gasteiger partial charge in [-0.1, -0.05) is 13.8 Å². The van der Waals surface area contributed by atoms with Gasteiger partial charge in [-0.05, 0) is 17.5 Å². The molecule has 3 rings (SSSR count). The molecule has 0 spiro atoms. The lowest BCUT2D eigenvalue weighted by Gasteiger charge is -2.31. The van der Waals surface area contributed by atoms with E-state index in [1.807, 2.05) is 32.8 Å². The predicted octanol–water partition coefficient (Wildman–Crippen LogP) is 2.30. The highest BCUT2D eigenvalue weighted by molar-refractivity contribution is 5.97. The Morgan fingerprint density at radius 3 is 2.58 bits per heavy atom. The molecule has 0 aliphatic carbocycles. The number of aromatic hydroxyl groups is 2. The SMILES string of the molecule is COCCOc1nc2c(c(N(C)C)n1)CN(C(=O)c1cc(C(C)C)c(O)cc1O)CC2. The van der Waals surface area contributed by atoms with E-state index in [1.54, 1.807) is 18.1 Å². The number of anilines is 1. The van der Waals surface area contributed by atoms with E-state index in [9.17, 15) is 15.0 Å². The quantitative estimate of drug-likeness (QED) is 0.644. The summed E-state index contributed by atoms with van der Waals surface area (Å²) in [6.07, 6.45) is 0.543. The molecular formula is C22H30N4O5. The molecule has 0 radical (unpaired) electrons. The summed E-state index contributed by atoms with van der Waals surface area (Å²) in [4.78, 5) is 25.8. The molecule has 2 N–H and O–H groups in total. The van der Waals surface area contributed by atoms with Crippen molar-refractivity contribution in [3.05, 3.63) is 34.5 Å². The van der Waals surface area contributed by atoms with E-state index in [2.05, 4.69) is 9.97 Å². The first kappa shape index (κ1) is 22.6. The van der Waals surface area contributed by atoms with Crippen molar-refractivity contribution >= 4 is 11.7 Å². The van der Waals surface area contributed by atoms with Crippen molar-refractivity contribution in [2.75, 3.05) is 45.9 Å². The number of rotatable bonds is 7. The Hall–Kier alpha value is -3.07. The van der Waals surface area contributed by atoms with E-state index in [4.69, 9.17) is 9.47 Å². The summed E-state index contributed by atoms with van der Waals surface area (Å²) in [5, 5.41) is 20.4. The van der Waals surface area contributed by atoms with Crippen LogP contribution in [0.1, 0.15) is 46.9 Å². The average Bonchev–Trinajstić information content (AvgIpc) is 2.72. The molecule has 0 saturated heterocycles. The third kappa shape index (κ3) is 4.82. The highest BCUT2D eigenvalue weighted by Gasteiger charge is 2.29. The molecule has 1 aliphatic heterocycles. The first-order valence-corrected chi connectivity index (χ1v) is 10.3. The van der Waals surface area contributed by atoms with Gasteiger partial charge < -0.3 is 29.5 Å². The second kappa shape index (κ2) is 9.38. The fourth-order valence-corrected chi connectivity index (χ4v) is 3.60. The number of hydrogen-bond acceptors (Lipinski definition) is 8. The maximum absolute atomic E-state index is 13.2. The number of carbonyl (C=O) groups excluding carboxylic acids is 1. The second-order valence-electron chi connectivity index (χ2n) is 8.05. The number of benzene rings is 1. The summed E-state index contributed by atoms with van der Waals surface area (Å²) in [6.45, 7) is 5.40. The Labute approximate surface area is 182 Å². The third-order valence-electron chi connectivity index (χ3n) is 5.24. The van der Waals surface area contributed by atoms with Crippen molar-refractivity contribution in [2.45, 2.75) is 32.7 Å². The summed E-state index contributed by atoms with van der Waals surface area (Å²) in [7, 11) is 5.36. The smallest absolute Gasteiger partial charge is 0.318 e. The lowest BCUT2D eigenvalue weighted by atomic mass is 9.97. The Bertz CT molecular complexity index is 961. The highest BCUT2D eigenvalue weighted by Crippen LogP contribution is 2.34. The van der Waals surface area contributed by atoms with Gasteiger partial charge in [-0.25, -0.2) is 0 Å². The van der Waals surface area contributed by atoms with Crippen molar-refractivity contribution < 1.29 is 24.5 Å². The van der Waals surface area contributed by atoms with Crippen LogP contribution in [0.4, 0.5) is 5.82 Å². The Balaban J connectivity index is 1.90. The molecule has 0 saturated carbocycles. The van der Waals surface area contributed by atoms with Crippen LogP contribution in [0.2, 0.25) is 0 Å². The van der Waals surface area contributed by atoms with E-state index in [0.717, 1.165) is 11.3 Å². The monoisotopic (exact) mass is 430 g/mol. The number of phenolic OH excluding ortho intramolecular Hbond substituents is 2. The molecule has 1 aromatic heterocycles. The summed E-state index contributed by atoms with van der Waals surface area (Å²) < 4.78 is 10.6. The molecular weight excluding hydrogens is 400 g/mol. The average molecular weight is 431 g/mol. The zero-order chi connectivity index (χ0) is 22.7. The van der Waals surface area contributed by atoms with Gasteiger partial charge in [0.25, 0.3) is 5.91 Å². The fraction of sp³-hybridized carbons (Fsp3) is 0.500. The van der Waals surface area contributed by atoms with Crippen molar-refractivity contribution in [2.24, 2.45) is 0 Å². The summed E-state index contributed by atoms with van der Waals surface area (Å²) in [6, 6.07) is 3.10. The first-order valence-electron chi connectivity index (χ1n) is 10.3. The normalized spacial score (nSPS) is 13.3. The minimum absolute atomic E-state index is 0.0134. The highest BCUT2D eigenvalue weighted by atomic mass is 16.5. The molecule has 9 heteroatoms. The number of carbonyl (C=O) groups is 1. The maximum atomic E-state index is 13.2. The minimum Gasteiger partial charge on any atom is -0.508 e. The molecule has 1 aliphatic rings. The number of ether oxygens (including phenoxy) is 2. The number of amides is 1. The number of aromatic nitrogens is 2. The Morgan fingerprint density at radius 2 is 1.94 bits per heavy atom. The van der Waals surface area contributed by atoms with Crippen molar-refractivity contribution in [1.82, 2.24) is 14.9 Å². The van der Waals surface area contributed by atoms with Crippen molar-refractivity contribution in [3.63, 3.8) is 0 Å². The Morgan fingerprint density at radius 1 is 1.19 bits per heavy atom.